The van der Waals surface area contributed by atoms with Gasteiger partial charge in [0.1, 0.15) is 23.2 Å². The fourth-order valence-corrected chi connectivity index (χ4v) is 7.06. The first-order valence-electron chi connectivity index (χ1n) is 31.1. The molecule has 41 nitrogen and oxygen atoms in total. The van der Waals surface area contributed by atoms with Gasteiger partial charge in [0.2, 0.25) is 5.78 Å². The van der Waals surface area contributed by atoms with Crippen LogP contribution in [0.2, 0.25) is 0 Å². The fourth-order valence-electron chi connectivity index (χ4n) is 7.06. The molecule has 1 unspecified atom stereocenters. The third-order valence-electron chi connectivity index (χ3n) is 11.6. The summed E-state index contributed by atoms with van der Waals surface area (Å²) in [5.74, 6) is -0.511. The van der Waals surface area contributed by atoms with Crippen molar-refractivity contribution in [1.29, 1.82) is 0 Å². The monoisotopic (exact) mass is 1860 g/mol. The van der Waals surface area contributed by atoms with E-state index in [2.05, 4.69) is 136 Å². The van der Waals surface area contributed by atoms with E-state index in [1.807, 2.05) is 66.1 Å². The summed E-state index contributed by atoms with van der Waals surface area (Å²) in [6.07, 6.45) is 6.28. The van der Waals surface area contributed by atoms with E-state index in [1.165, 1.54) is 68.5 Å². The quantitative estimate of drug-likeness (QED) is 0.00563. The van der Waals surface area contributed by atoms with Crippen molar-refractivity contribution in [3.05, 3.63) is 229 Å². The molecule has 49 heteroatoms. The number of nitrogens with zero attached hydrogens (tertiary/aromatic N) is 7. The number of nitrogens with two attached hydrogens (primary N) is 4. The summed E-state index contributed by atoms with van der Waals surface area (Å²) in [4.78, 5) is 146. The number of aliphatic imine (C=N–C) groups is 1. The zero-order valence-corrected chi connectivity index (χ0v) is 73.2. The summed E-state index contributed by atoms with van der Waals surface area (Å²) in [5, 5.41) is 83.0. The number of primary amides is 2. The number of benzene rings is 6. The van der Waals surface area contributed by atoms with Gasteiger partial charge >= 0.3 is 87.8 Å². The maximum Gasteiger partial charge on any atom is 2.00 e. The van der Waals surface area contributed by atoms with E-state index < -0.39 is 62.9 Å². The molecule has 0 radical (unpaired) electrons. The number of nitro groups is 2. The zero-order valence-electron chi connectivity index (χ0n) is 64.3. The second-order valence-electron chi connectivity index (χ2n) is 19.2. The summed E-state index contributed by atoms with van der Waals surface area (Å²) in [7, 11) is 7.19. The van der Waals surface area contributed by atoms with Gasteiger partial charge in [0.25, 0.3) is 23.2 Å². The molecular weight excluding hydrogens is 1770 g/mol. The van der Waals surface area contributed by atoms with Crippen LogP contribution in [0.5, 0.6) is 0 Å². The van der Waals surface area contributed by atoms with Crippen molar-refractivity contribution in [3.63, 3.8) is 0 Å². The van der Waals surface area contributed by atoms with Crippen LogP contribution in [0.15, 0.2) is 162 Å². The smallest absolute Gasteiger partial charge is 1.00 e. The minimum Gasteiger partial charge on any atom is -1.00 e. The molecule has 9 rings (SSSR count). The van der Waals surface area contributed by atoms with E-state index in [9.17, 15) is 82.6 Å². The van der Waals surface area contributed by atoms with Crippen LogP contribution in [-0.2, 0) is 33.2 Å². The number of nitro benzene ring substituents is 2. The van der Waals surface area contributed by atoms with Crippen molar-refractivity contribution in [1.82, 2.24) is 52.1 Å². The average Bonchev–Trinajstić information content (AvgIpc) is 0.965. The molecule has 3 aromatic heterocycles. The number of hydrazine groups is 1. The second kappa shape index (κ2) is 79.3. The van der Waals surface area contributed by atoms with E-state index in [-0.39, 0.29) is 174 Å². The molecule has 9 aromatic rings. The largest absolute Gasteiger partial charge is 2.00 e. The van der Waals surface area contributed by atoms with Crippen molar-refractivity contribution >= 4 is 192 Å². The number of aldehydes is 3. The van der Waals surface area contributed by atoms with E-state index in [4.69, 9.17) is 25.8 Å². The first kappa shape index (κ1) is 133. The van der Waals surface area contributed by atoms with E-state index in [0.29, 0.717) is 41.2 Å². The standard InChI is InChI=1S/C17H13NO3.C10H7.C7H10N4O.C7H8N2O3.C7H5NO3.C6H11N3O3.C6H7N3O2.C3H4O3.C2H4O2.CH5N3O.CH5N.CH4O.3CH4.BrH.Cl3OP.ClH.Mg.Na/c19-17(15-9-3-4-11-16(15)18(20)21)14-10-5-7-12-6-1-2-8-13(12)14;1-2-6-10-8-4-3-7-9(10)5-1;1-8-3-5-4-10-11-6(5)7(12)9-2;1-2-12-7(11)6-5(4-10)3-8-9-6;9-5-6-3-1-2-4-7(6)8(10)11;1-3-12-5(10)4(2)8-9-6(7)11;1-7-6(11)5-4(3-10)2-8-9-5;1-2(4)3(5)6;1-2(3)4;2-1(5)4-3;2*1-2;;;;;1-5(2,3)4;;;/h1-11,17,19H;1-7H;3-4H,1-2H3,(H,9,12)(H,10,11);3-4H,2H2,1H3,(H,8,9);1-5H;3H2,1-2H3,(H3,7,9,11);2-3H,1H3,(H,7,11)(H,8,9);1H3,(H,5,6);1H3,(H,3,4);3H2,(H3,2,4,5);2H2,1H3;2H,1H3;3*1H4;1H;;1H;;/q;-1;;;;;;;;;;;;;;;;;+2;+1/p-2/b;;;;;8-4+;;;;;;;;;;;;;;. The molecule has 18 N–H and O–H groups in total. The number of H-pyrrole nitrogens is 3. The number of aromatic nitrogens is 6. The predicted molar refractivity (Wildman–Crippen MR) is 450 cm³/mol. The van der Waals surface area contributed by atoms with Gasteiger partial charge in [0.05, 0.1) is 63.9 Å². The van der Waals surface area contributed by atoms with Crippen LogP contribution in [0.25, 0.3) is 21.5 Å². The Hall–Kier alpha value is -10.9. The minimum absolute atomic E-state index is 0. The van der Waals surface area contributed by atoms with Crippen LogP contribution in [0.3, 0.4) is 0 Å². The molecule has 650 valence electrons. The Labute approximate surface area is 759 Å². The van der Waals surface area contributed by atoms with Crippen molar-refractivity contribution in [2.75, 3.05) is 48.5 Å². The molecule has 6 amide bonds. The molecule has 0 bridgehead atoms. The Morgan fingerprint density at radius 2 is 1.01 bits per heavy atom. The molecule has 3 heterocycles. The van der Waals surface area contributed by atoms with Crippen LogP contribution in [0, 0.1) is 26.3 Å². The maximum atomic E-state index is 11.1. The van der Waals surface area contributed by atoms with Gasteiger partial charge in [-0.05, 0) is 96.9 Å². The number of halogens is 5. The van der Waals surface area contributed by atoms with Gasteiger partial charge in [0.15, 0.2) is 24.6 Å². The Morgan fingerprint density at radius 3 is 1.42 bits per heavy atom. The number of aliphatic carboxylic acids is 2. The summed E-state index contributed by atoms with van der Waals surface area (Å²) in [6, 6.07) is 41.2. The topological polar surface area (TPSA) is 673 Å². The van der Waals surface area contributed by atoms with Gasteiger partial charge in [-0.25, -0.2) is 35.2 Å². The Bertz CT molecular complexity index is 4530. The summed E-state index contributed by atoms with van der Waals surface area (Å²) >= 11 is 13.8. The third-order valence-corrected chi connectivity index (χ3v) is 11.6. The average molecular weight is 1870 g/mol. The van der Waals surface area contributed by atoms with Crippen molar-refractivity contribution < 1.29 is 148 Å². The molecule has 120 heavy (non-hydrogen) atoms. The first-order valence-corrected chi connectivity index (χ1v) is 35.6. The van der Waals surface area contributed by atoms with Crippen LogP contribution in [0.1, 0.15) is 142 Å². The predicted octanol–water partition coefficient (Wildman–Crippen LogP) is 2.17. The number of amides is 6. The number of ether oxygens (including phenoxy) is 2. The van der Waals surface area contributed by atoms with Crippen LogP contribution in [-0.4, -0.2) is 212 Å². The number of hydrazone groups is 1. The number of Topliss-reactive ketones (excluding diaryl/α,β-unsaturated/α-hetero) is 1. The van der Waals surface area contributed by atoms with Gasteiger partial charge in [-0.1, -0.05) is 101 Å². The number of aliphatic hydroxyl groups is 2. The normalized spacial score (nSPS) is 9.16. The van der Waals surface area contributed by atoms with Crippen molar-refractivity contribution in [3.8, 4) is 0 Å². The molecule has 0 spiro atoms. The number of para-hydroxylation sites is 2. The Kier molecular flexibility index (Phi) is 87.5. The van der Waals surface area contributed by atoms with Gasteiger partial charge in [-0.15, -0.1) is 59.6 Å². The number of carboxylic acids is 2. The zero-order chi connectivity index (χ0) is 87.2. The number of fused-ring (bicyclic) bond motifs is 2. The molecule has 1 atom stereocenters. The third kappa shape index (κ3) is 59.7. The number of hydrogen-bond donors (Lipinski definition) is 14. The van der Waals surface area contributed by atoms with Crippen LogP contribution >= 0.6 is 51.3 Å². The molecular formula is C71H95BrCl4MgN18NaO23P. The van der Waals surface area contributed by atoms with Gasteiger partial charge in [-0.2, -0.15) is 20.4 Å². The number of ketones is 1. The van der Waals surface area contributed by atoms with Crippen LogP contribution < -0.4 is 96.2 Å². The molecule has 0 aliphatic heterocycles. The van der Waals surface area contributed by atoms with E-state index in [1.54, 1.807) is 76.1 Å². The summed E-state index contributed by atoms with van der Waals surface area (Å²) in [5.41, 5.74) is 20.0. The summed E-state index contributed by atoms with van der Waals surface area (Å²) < 4.78 is 18.7. The van der Waals surface area contributed by atoms with Crippen molar-refractivity contribution in [2.24, 2.45) is 33.1 Å². The summed E-state index contributed by atoms with van der Waals surface area (Å²) in [6.45, 7) is 7.29. The number of urea groups is 2. The maximum absolute atomic E-state index is 11.1. The fraction of sp³-hybridized carbons (Fsp3) is 0.225. The van der Waals surface area contributed by atoms with Gasteiger partial charge in [0, 0.05) is 65.1 Å². The Balaban J connectivity index is -0.000000123. The van der Waals surface area contributed by atoms with E-state index >= 15 is 0 Å². The molecule has 0 saturated heterocycles. The molecule has 6 aromatic carbocycles. The molecule has 0 fully saturated rings. The molecule has 0 aliphatic carbocycles. The molecule has 0 aliphatic rings. The number of aliphatic hydroxyl groups excluding tert-OH is 2. The SMILES string of the molecule is C.C.C.CC(=O)C(=O)O.CC(=O)[O-].CCOC(=O)/C(C)=N/NC(N)=O.CCOC(=O)c1[nH]ncc1C=O.CN.CN=Cc1cn[nH]c1C(=O)NC.CNC(=O)c1[nH]ncc1C=O.CO.Cl.NNC(N)=O.O=Cc1ccccc1[N+](=O)[O-].O=P(Cl)(Cl)Cl.O=[N+]([O-])c1ccccc1C(O)c1cccc2ccccc12.[Br-].[Mg+2].[Na+].[c-]1cccc2ccccc12. The number of carbonyl (C=O) groups excluding carboxylic acids is 11. The number of esters is 2. The molecule has 0 saturated carbocycles. The number of carboxylic acid groups (broad SMARTS) is 2. The minimum atomic E-state index is -3.22. The second-order valence-corrected chi connectivity index (χ2v) is 25.9. The number of aromatic amines is 3. The van der Waals surface area contributed by atoms with Gasteiger partial charge < -0.3 is 79.5 Å². The van der Waals surface area contributed by atoms with E-state index in [0.717, 1.165) is 31.7 Å². The Morgan fingerprint density at radius 1 is 0.633 bits per heavy atom. The number of rotatable bonds is 16. The van der Waals surface area contributed by atoms with Crippen molar-refractivity contribution in [2.45, 2.75) is 63.0 Å². The van der Waals surface area contributed by atoms with Gasteiger partial charge in [-0.3, -0.25) is 79.3 Å². The first-order chi connectivity index (χ1) is 53.5. The number of hydrogen-bond acceptors (Lipinski definition) is 29. The number of carbonyl (C=O) groups is 12. The van der Waals surface area contributed by atoms with Crippen LogP contribution in [0.4, 0.5) is 21.0 Å². The number of nitrogens with one attached hydrogen (secondary N) is 7.